The van der Waals surface area contributed by atoms with Gasteiger partial charge in [-0.05, 0) is 44.3 Å². The lowest BCUT2D eigenvalue weighted by Crippen LogP contribution is -2.18. The Kier molecular flexibility index (Phi) is 5.87. The fraction of sp³-hybridized carbons (Fsp3) is 0.562. The van der Waals surface area contributed by atoms with Gasteiger partial charge < -0.3 is 5.32 Å². The van der Waals surface area contributed by atoms with Crippen LogP contribution in [0, 0.1) is 0 Å². The highest BCUT2D eigenvalue weighted by Crippen LogP contribution is 2.19. The normalized spacial score (nSPS) is 11.0. The molecule has 0 saturated carbocycles. The van der Waals surface area contributed by atoms with Gasteiger partial charge in [-0.2, -0.15) is 5.10 Å². The lowest BCUT2D eigenvalue weighted by atomic mass is 10.1. The Labute approximate surface area is 126 Å². The molecule has 0 amide bonds. The van der Waals surface area contributed by atoms with Crippen LogP contribution in [-0.2, 0) is 19.3 Å². The minimum atomic E-state index is 0.803. The third-order valence-corrected chi connectivity index (χ3v) is 3.59. The first-order chi connectivity index (χ1) is 10.3. The van der Waals surface area contributed by atoms with E-state index in [0.717, 1.165) is 38.2 Å². The molecular formula is C16H25N5. The Morgan fingerprint density at radius 1 is 1.10 bits per heavy atom. The minimum absolute atomic E-state index is 0.803. The van der Waals surface area contributed by atoms with Crippen LogP contribution in [-0.4, -0.2) is 32.8 Å². The number of rotatable bonds is 8. The number of hydrogen-bond acceptors (Lipinski definition) is 4. The van der Waals surface area contributed by atoms with Crippen molar-refractivity contribution in [1.29, 1.82) is 0 Å². The van der Waals surface area contributed by atoms with Crippen LogP contribution in [0.2, 0.25) is 0 Å². The highest BCUT2D eigenvalue weighted by Gasteiger charge is 2.16. The summed E-state index contributed by atoms with van der Waals surface area (Å²) in [4.78, 5) is 8.53. The average Bonchev–Trinajstić information content (AvgIpc) is 2.90. The quantitative estimate of drug-likeness (QED) is 0.757. The molecule has 0 radical (unpaired) electrons. The summed E-state index contributed by atoms with van der Waals surface area (Å²) < 4.78 is 1.96. The molecule has 0 unspecified atom stereocenters. The summed E-state index contributed by atoms with van der Waals surface area (Å²) in [6.07, 6.45) is 9.26. The first-order valence-electron chi connectivity index (χ1n) is 7.88. The number of nitrogens with one attached hydrogen (secondary N) is 1. The van der Waals surface area contributed by atoms with Crippen molar-refractivity contribution in [3.63, 3.8) is 0 Å². The van der Waals surface area contributed by atoms with Crippen LogP contribution in [0.25, 0.3) is 5.82 Å². The second kappa shape index (κ2) is 7.88. The summed E-state index contributed by atoms with van der Waals surface area (Å²) in [5, 5.41) is 8.23. The number of hydrogen-bond donors (Lipinski definition) is 1. The van der Waals surface area contributed by atoms with Crippen molar-refractivity contribution >= 4 is 0 Å². The van der Waals surface area contributed by atoms with Gasteiger partial charge in [0, 0.05) is 18.1 Å². The van der Waals surface area contributed by atoms with Crippen molar-refractivity contribution in [2.24, 2.45) is 0 Å². The topological polar surface area (TPSA) is 55.6 Å². The first kappa shape index (κ1) is 15.6. The van der Waals surface area contributed by atoms with Crippen LogP contribution in [0.5, 0.6) is 0 Å². The monoisotopic (exact) mass is 287 g/mol. The van der Waals surface area contributed by atoms with Crippen LogP contribution in [0.3, 0.4) is 0 Å². The molecule has 5 heteroatoms. The predicted molar refractivity (Wildman–Crippen MR) is 84.8 cm³/mol. The zero-order chi connectivity index (χ0) is 15.1. The maximum atomic E-state index is 4.76. The second-order valence-electron chi connectivity index (χ2n) is 5.05. The summed E-state index contributed by atoms with van der Waals surface area (Å²) in [5.41, 5.74) is 3.80. The molecule has 114 valence electrons. The Balaban J connectivity index is 2.28. The van der Waals surface area contributed by atoms with Crippen molar-refractivity contribution in [2.75, 3.05) is 13.1 Å². The Hall–Kier alpha value is -1.75. The van der Waals surface area contributed by atoms with E-state index in [1.807, 2.05) is 4.68 Å². The Morgan fingerprint density at radius 2 is 1.95 bits per heavy atom. The van der Waals surface area contributed by atoms with Gasteiger partial charge in [0.1, 0.15) is 0 Å². The molecule has 2 aromatic heterocycles. The van der Waals surface area contributed by atoms with Crippen molar-refractivity contribution in [3.8, 4) is 5.82 Å². The van der Waals surface area contributed by atoms with Gasteiger partial charge in [0.15, 0.2) is 5.82 Å². The fourth-order valence-electron chi connectivity index (χ4n) is 2.58. The summed E-state index contributed by atoms with van der Waals surface area (Å²) in [6.45, 7) is 8.59. The van der Waals surface area contributed by atoms with Gasteiger partial charge >= 0.3 is 0 Å². The lowest BCUT2D eigenvalue weighted by Gasteiger charge is -2.07. The van der Waals surface area contributed by atoms with Crippen LogP contribution < -0.4 is 5.32 Å². The van der Waals surface area contributed by atoms with Crippen molar-refractivity contribution < 1.29 is 0 Å². The lowest BCUT2D eigenvalue weighted by molar-refractivity contribution is 0.667. The smallest absolute Gasteiger partial charge is 0.172 e. The van der Waals surface area contributed by atoms with Crippen molar-refractivity contribution in [1.82, 2.24) is 25.1 Å². The zero-order valence-electron chi connectivity index (χ0n) is 13.3. The molecule has 0 aliphatic carbocycles. The molecule has 0 bridgehead atoms. The molecule has 2 aromatic rings. The van der Waals surface area contributed by atoms with Gasteiger partial charge in [0.25, 0.3) is 0 Å². The summed E-state index contributed by atoms with van der Waals surface area (Å²) >= 11 is 0. The third kappa shape index (κ3) is 3.67. The first-order valence-corrected chi connectivity index (χ1v) is 7.88. The zero-order valence-corrected chi connectivity index (χ0v) is 13.3. The Morgan fingerprint density at radius 3 is 2.57 bits per heavy atom. The largest absolute Gasteiger partial charge is 0.316 e. The van der Waals surface area contributed by atoms with E-state index in [4.69, 9.17) is 5.10 Å². The molecular weight excluding hydrogens is 262 g/mol. The summed E-state index contributed by atoms with van der Waals surface area (Å²) in [6, 6.07) is 0. The van der Waals surface area contributed by atoms with E-state index in [-0.39, 0.29) is 0 Å². The average molecular weight is 287 g/mol. The molecule has 1 N–H and O–H groups in total. The molecule has 0 aromatic carbocycles. The molecule has 0 atom stereocenters. The maximum absolute atomic E-state index is 4.76. The number of aromatic nitrogens is 4. The third-order valence-electron chi connectivity index (χ3n) is 3.59. The molecule has 0 spiro atoms. The standard InChI is InChI=1S/C16H25N5/c1-4-8-17-9-7-13-14(5-2)20-21(15(13)6-3)16-12-18-10-11-19-16/h10-12,17H,4-9H2,1-3H3. The highest BCUT2D eigenvalue weighted by atomic mass is 15.3. The highest BCUT2D eigenvalue weighted by molar-refractivity contribution is 5.33. The van der Waals surface area contributed by atoms with E-state index in [9.17, 15) is 0 Å². The summed E-state index contributed by atoms with van der Waals surface area (Å²) in [7, 11) is 0. The number of nitrogens with zero attached hydrogens (tertiary/aromatic N) is 4. The molecule has 0 fully saturated rings. The predicted octanol–water partition coefficient (Wildman–Crippen LogP) is 2.33. The maximum Gasteiger partial charge on any atom is 0.172 e. The van der Waals surface area contributed by atoms with Crippen LogP contribution in [0.15, 0.2) is 18.6 Å². The van der Waals surface area contributed by atoms with Gasteiger partial charge in [0.05, 0.1) is 11.9 Å². The fourth-order valence-corrected chi connectivity index (χ4v) is 2.58. The van der Waals surface area contributed by atoms with Gasteiger partial charge in [0.2, 0.25) is 0 Å². The minimum Gasteiger partial charge on any atom is -0.316 e. The molecule has 0 aliphatic rings. The molecule has 21 heavy (non-hydrogen) atoms. The van der Waals surface area contributed by atoms with Gasteiger partial charge in [-0.25, -0.2) is 9.67 Å². The van der Waals surface area contributed by atoms with Crippen molar-refractivity contribution in [3.05, 3.63) is 35.5 Å². The van der Waals surface area contributed by atoms with Gasteiger partial charge in [-0.15, -0.1) is 0 Å². The van der Waals surface area contributed by atoms with E-state index >= 15 is 0 Å². The SMILES string of the molecule is CCCNCCc1c(CC)nn(-c2cnccn2)c1CC. The Bertz CT molecular complexity index is 547. The van der Waals surface area contributed by atoms with Crippen LogP contribution in [0.4, 0.5) is 0 Å². The molecule has 0 saturated heterocycles. The van der Waals surface area contributed by atoms with E-state index in [1.165, 1.54) is 23.4 Å². The van der Waals surface area contributed by atoms with Crippen molar-refractivity contribution in [2.45, 2.75) is 46.5 Å². The van der Waals surface area contributed by atoms with E-state index in [1.54, 1.807) is 18.6 Å². The molecule has 2 rings (SSSR count). The second-order valence-corrected chi connectivity index (χ2v) is 5.05. The van der Waals surface area contributed by atoms with Gasteiger partial charge in [-0.3, -0.25) is 4.98 Å². The summed E-state index contributed by atoms with van der Waals surface area (Å²) in [5.74, 6) is 0.803. The van der Waals surface area contributed by atoms with E-state index in [2.05, 4.69) is 36.1 Å². The van der Waals surface area contributed by atoms with E-state index in [0.29, 0.717) is 0 Å². The van der Waals surface area contributed by atoms with E-state index < -0.39 is 0 Å². The molecule has 0 aliphatic heterocycles. The molecule has 2 heterocycles. The van der Waals surface area contributed by atoms with Crippen LogP contribution >= 0.6 is 0 Å². The van der Waals surface area contributed by atoms with Gasteiger partial charge in [-0.1, -0.05) is 20.8 Å². The van der Waals surface area contributed by atoms with Crippen LogP contribution in [0.1, 0.15) is 44.1 Å². The molecule has 5 nitrogen and oxygen atoms in total. The number of aryl methyl sites for hydroxylation is 1.